The SMILES string of the molecule is CCCNC(CCC)C1(OC)CCCCCC1. The Labute approximate surface area is 108 Å². The minimum atomic E-state index is 0.113. The maximum atomic E-state index is 6.01. The summed E-state index contributed by atoms with van der Waals surface area (Å²) in [5.41, 5.74) is 0.113. The first-order chi connectivity index (χ1) is 8.29. The standard InChI is InChI=1S/C15H31NO/c1-4-10-14(16-13-5-2)15(17-3)11-8-6-7-9-12-15/h14,16H,4-13H2,1-3H3. The van der Waals surface area contributed by atoms with E-state index in [-0.39, 0.29) is 5.60 Å². The number of hydrogen-bond donors (Lipinski definition) is 1. The van der Waals surface area contributed by atoms with Crippen molar-refractivity contribution in [2.45, 2.75) is 83.3 Å². The van der Waals surface area contributed by atoms with E-state index in [1.807, 2.05) is 7.11 Å². The van der Waals surface area contributed by atoms with Crippen molar-refractivity contribution >= 4 is 0 Å². The molecule has 102 valence electrons. The molecule has 1 unspecified atom stereocenters. The van der Waals surface area contributed by atoms with Gasteiger partial charge in [0.2, 0.25) is 0 Å². The van der Waals surface area contributed by atoms with Gasteiger partial charge in [-0.3, -0.25) is 0 Å². The molecule has 0 aromatic rings. The second-order valence-corrected chi connectivity index (χ2v) is 5.48. The molecule has 17 heavy (non-hydrogen) atoms. The van der Waals surface area contributed by atoms with Crippen LogP contribution in [-0.4, -0.2) is 25.3 Å². The molecule has 1 N–H and O–H groups in total. The number of ether oxygens (including phenoxy) is 1. The third kappa shape index (κ3) is 4.26. The van der Waals surface area contributed by atoms with Gasteiger partial charge in [0.25, 0.3) is 0 Å². The van der Waals surface area contributed by atoms with E-state index in [0.29, 0.717) is 6.04 Å². The predicted octanol–water partition coefficient (Wildman–Crippen LogP) is 3.89. The van der Waals surface area contributed by atoms with Gasteiger partial charge in [-0.2, -0.15) is 0 Å². The molecule has 0 heterocycles. The first kappa shape index (κ1) is 15.0. The van der Waals surface area contributed by atoms with Crippen molar-refractivity contribution in [1.29, 1.82) is 0 Å². The summed E-state index contributed by atoms with van der Waals surface area (Å²) in [6.45, 7) is 5.64. The zero-order chi connectivity index (χ0) is 12.6. The van der Waals surface area contributed by atoms with Crippen molar-refractivity contribution in [3.05, 3.63) is 0 Å². The van der Waals surface area contributed by atoms with Crippen LogP contribution in [0.2, 0.25) is 0 Å². The van der Waals surface area contributed by atoms with Crippen LogP contribution in [0.25, 0.3) is 0 Å². The molecule has 2 nitrogen and oxygen atoms in total. The van der Waals surface area contributed by atoms with E-state index >= 15 is 0 Å². The second kappa shape index (κ2) is 8.10. The largest absolute Gasteiger partial charge is 0.377 e. The Morgan fingerprint density at radius 1 is 1.06 bits per heavy atom. The van der Waals surface area contributed by atoms with Crippen LogP contribution >= 0.6 is 0 Å². The molecule has 1 aliphatic rings. The molecule has 0 saturated heterocycles. The first-order valence-corrected chi connectivity index (χ1v) is 7.57. The van der Waals surface area contributed by atoms with Crippen molar-refractivity contribution in [2.24, 2.45) is 0 Å². The average molecular weight is 241 g/mol. The van der Waals surface area contributed by atoms with Crippen LogP contribution in [0.15, 0.2) is 0 Å². The third-order valence-corrected chi connectivity index (χ3v) is 4.21. The van der Waals surface area contributed by atoms with Gasteiger partial charge < -0.3 is 10.1 Å². The fourth-order valence-corrected chi connectivity index (χ4v) is 3.18. The Morgan fingerprint density at radius 2 is 1.71 bits per heavy atom. The van der Waals surface area contributed by atoms with Gasteiger partial charge in [0, 0.05) is 13.2 Å². The zero-order valence-corrected chi connectivity index (χ0v) is 12.1. The predicted molar refractivity (Wildman–Crippen MR) is 74.4 cm³/mol. The van der Waals surface area contributed by atoms with E-state index in [2.05, 4.69) is 19.2 Å². The molecule has 0 amide bonds. The molecule has 0 aliphatic heterocycles. The van der Waals surface area contributed by atoms with Crippen LogP contribution < -0.4 is 5.32 Å². The van der Waals surface area contributed by atoms with Gasteiger partial charge in [0.1, 0.15) is 0 Å². The summed E-state index contributed by atoms with van der Waals surface area (Å²) in [7, 11) is 1.92. The van der Waals surface area contributed by atoms with E-state index < -0.39 is 0 Å². The highest BCUT2D eigenvalue weighted by atomic mass is 16.5. The van der Waals surface area contributed by atoms with E-state index in [1.54, 1.807) is 0 Å². The van der Waals surface area contributed by atoms with Crippen molar-refractivity contribution in [2.75, 3.05) is 13.7 Å². The van der Waals surface area contributed by atoms with Crippen LogP contribution in [0.5, 0.6) is 0 Å². The maximum Gasteiger partial charge on any atom is 0.0830 e. The Kier molecular flexibility index (Phi) is 7.14. The molecule has 0 aromatic carbocycles. The lowest BCUT2D eigenvalue weighted by Gasteiger charge is -2.40. The van der Waals surface area contributed by atoms with Crippen molar-refractivity contribution in [3.8, 4) is 0 Å². The van der Waals surface area contributed by atoms with Crippen LogP contribution in [-0.2, 0) is 4.74 Å². The Bertz CT molecular complexity index is 185. The quantitative estimate of drug-likeness (QED) is 0.683. The Hall–Kier alpha value is -0.0800. The Morgan fingerprint density at radius 3 is 2.18 bits per heavy atom. The van der Waals surface area contributed by atoms with Crippen LogP contribution in [0.3, 0.4) is 0 Å². The van der Waals surface area contributed by atoms with Gasteiger partial charge in [-0.1, -0.05) is 46.0 Å². The smallest absolute Gasteiger partial charge is 0.0830 e. The molecule has 1 rings (SSSR count). The van der Waals surface area contributed by atoms with Gasteiger partial charge in [-0.25, -0.2) is 0 Å². The fourth-order valence-electron chi connectivity index (χ4n) is 3.18. The molecule has 0 spiro atoms. The molecule has 1 fully saturated rings. The first-order valence-electron chi connectivity index (χ1n) is 7.57. The summed E-state index contributed by atoms with van der Waals surface area (Å²) in [4.78, 5) is 0. The summed E-state index contributed by atoms with van der Waals surface area (Å²) in [5, 5.41) is 3.73. The van der Waals surface area contributed by atoms with E-state index in [4.69, 9.17) is 4.74 Å². The van der Waals surface area contributed by atoms with Gasteiger partial charge in [-0.05, 0) is 32.2 Å². The second-order valence-electron chi connectivity index (χ2n) is 5.48. The molecular weight excluding hydrogens is 210 g/mol. The Balaban J connectivity index is 2.68. The lowest BCUT2D eigenvalue weighted by molar-refractivity contribution is -0.0548. The van der Waals surface area contributed by atoms with E-state index in [9.17, 15) is 0 Å². The van der Waals surface area contributed by atoms with Gasteiger partial charge in [0.05, 0.1) is 5.60 Å². The minimum absolute atomic E-state index is 0.113. The van der Waals surface area contributed by atoms with Crippen LogP contribution in [0.1, 0.15) is 71.6 Å². The highest BCUT2D eigenvalue weighted by Crippen LogP contribution is 2.34. The highest BCUT2D eigenvalue weighted by molar-refractivity contribution is 4.94. The minimum Gasteiger partial charge on any atom is -0.377 e. The van der Waals surface area contributed by atoms with Crippen LogP contribution in [0, 0.1) is 0 Å². The third-order valence-electron chi connectivity index (χ3n) is 4.21. The average Bonchev–Trinajstić information content (AvgIpc) is 2.60. The lowest BCUT2D eigenvalue weighted by atomic mass is 9.83. The van der Waals surface area contributed by atoms with Crippen LogP contribution in [0.4, 0.5) is 0 Å². The molecule has 0 radical (unpaired) electrons. The summed E-state index contributed by atoms with van der Waals surface area (Å²) in [6, 6.07) is 0.551. The monoisotopic (exact) mass is 241 g/mol. The number of hydrogen-bond acceptors (Lipinski definition) is 2. The topological polar surface area (TPSA) is 21.3 Å². The van der Waals surface area contributed by atoms with E-state index in [0.717, 1.165) is 6.54 Å². The summed E-state index contributed by atoms with van der Waals surface area (Å²) < 4.78 is 6.01. The molecular formula is C15H31NO. The van der Waals surface area contributed by atoms with Crippen molar-refractivity contribution in [1.82, 2.24) is 5.32 Å². The molecule has 1 atom stereocenters. The normalized spacial score (nSPS) is 22.1. The number of rotatable bonds is 7. The number of methoxy groups -OCH3 is 1. The molecule has 1 saturated carbocycles. The molecule has 0 bridgehead atoms. The lowest BCUT2D eigenvalue weighted by Crippen LogP contribution is -2.52. The van der Waals surface area contributed by atoms with Crippen molar-refractivity contribution in [3.63, 3.8) is 0 Å². The maximum absolute atomic E-state index is 6.01. The summed E-state index contributed by atoms with van der Waals surface area (Å²) >= 11 is 0. The van der Waals surface area contributed by atoms with Gasteiger partial charge in [-0.15, -0.1) is 0 Å². The molecule has 0 aromatic heterocycles. The van der Waals surface area contributed by atoms with E-state index in [1.165, 1.54) is 57.8 Å². The highest BCUT2D eigenvalue weighted by Gasteiger charge is 2.38. The molecule has 1 aliphatic carbocycles. The number of nitrogens with one attached hydrogen (secondary N) is 1. The van der Waals surface area contributed by atoms with Gasteiger partial charge >= 0.3 is 0 Å². The van der Waals surface area contributed by atoms with Gasteiger partial charge in [0.15, 0.2) is 0 Å². The summed E-state index contributed by atoms with van der Waals surface area (Å²) in [6.07, 6.45) is 11.6. The molecule has 2 heteroatoms. The fraction of sp³-hybridized carbons (Fsp3) is 1.00. The summed E-state index contributed by atoms with van der Waals surface area (Å²) in [5.74, 6) is 0. The zero-order valence-electron chi connectivity index (χ0n) is 12.1. The van der Waals surface area contributed by atoms with Crippen molar-refractivity contribution < 1.29 is 4.74 Å².